The van der Waals surface area contributed by atoms with Gasteiger partial charge in [-0.1, -0.05) is 38.1 Å². The Hall–Kier alpha value is -2.44. The number of piperazine rings is 1. The first-order valence-corrected chi connectivity index (χ1v) is 11.1. The number of aromatic nitrogens is 1. The van der Waals surface area contributed by atoms with Gasteiger partial charge in [-0.05, 0) is 47.8 Å². The van der Waals surface area contributed by atoms with Gasteiger partial charge in [-0.2, -0.15) is 4.37 Å². The molecule has 6 heteroatoms. The Morgan fingerprint density at radius 2 is 1.79 bits per heavy atom. The van der Waals surface area contributed by atoms with Crippen molar-refractivity contribution in [2.24, 2.45) is 5.92 Å². The molecular formula is C23H28N4OS. The lowest BCUT2D eigenvalue weighted by atomic mass is 10.1. The lowest BCUT2D eigenvalue weighted by Gasteiger charge is -2.35. The van der Waals surface area contributed by atoms with Crippen LogP contribution in [0.5, 0.6) is 0 Å². The second kappa shape index (κ2) is 8.93. The van der Waals surface area contributed by atoms with Gasteiger partial charge < -0.3 is 10.2 Å². The Labute approximate surface area is 176 Å². The second-order valence-electron chi connectivity index (χ2n) is 7.92. The number of rotatable bonds is 6. The summed E-state index contributed by atoms with van der Waals surface area (Å²) >= 11 is 1.59. The molecule has 4 rings (SSSR count). The van der Waals surface area contributed by atoms with Gasteiger partial charge in [-0.3, -0.25) is 9.69 Å². The predicted molar refractivity (Wildman–Crippen MR) is 122 cm³/mol. The highest BCUT2D eigenvalue weighted by molar-refractivity contribution is 7.13. The van der Waals surface area contributed by atoms with Gasteiger partial charge in [0.2, 0.25) is 5.91 Å². The molecule has 152 valence electrons. The van der Waals surface area contributed by atoms with Crippen LogP contribution in [0, 0.1) is 5.92 Å². The standard InChI is InChI=1S/C23H28N4OS/c1-17(2)23(28)24-19-9-7-18(8-10-19)11-12-26-13-15-27(16-14-26)22-20-5-3-4-6-21(20)29-25-22/h3-10,17H,11-16H2,1-2H3,(H,24,28). The number of anilines is 2. The van der Waals surface area contributed by atoms with Crippen molar-refractivity contribution in [2.75, 3.05) is 42.9 Å². The molecule has 5 nitrogen and oxygen atoms in total. The van der Waals surface area contributed by atoms with Crippen molar-refractivity contribution in [3.63, 3.8) is 0 Å². The summed E-state index contributed by atoms with van der Waals surface area (Å²) in [4.78, 5) is 16.7. The maximum absolute atomic E-state index is 11.8. The molecule has 29 heavy (non-hydrogen) atoms. The van der Waals surface area contributed by atoms with Crippen molar-refractivity contribution in [1.82, 2.24) is 9.27 Å². The van der Waals surface area contributed by atoms with Gasteiger partial charge in [0, 0.05) is 49.7 Å². The number of nitrogens with one attached hydrogen (secondary N) is 1. The van der Waals surface area contributed by atoms with Crippen molar-refractivity contribution in [1.29, 1.82) is 0 Å². The van der Waals surface area contributed by atoms with Gasteiger partial charge in [0.05, 0.1) is 4.70 Å². The molecule has 1 aliphatic heterocycles. The Balaban J connectivity index is 1.26. The van der Waals surface area contributed by atoms with Crippen LogP contribution >= 0.6 is 11.5 Å². The van der Waals surface area contributed by atoms with Crippen LogP contribution in [0.4, 0.5) is 11.5 Å². The number of amides is 1. The maximum atomic E-state index is 11.8. The molecule has 1 aromatic heterocycles. The van der Waals surface area contributed by atoms with E-state index in [2.05, 4.69) is 51.5 Å². The van der Waals surface area contributed by atoms with E-state index in [4.69, 9.17) is 4.37 Å². The van der Waals surface area contributed by atoms with E-state index in [-0.39, 0.29) is 11.8 Å². The summed E-state index contributed by atoms with van der Waals surface area (Å²) < 4.78 is 5.96. The zero-order chi connectivity index (χ0) is 20.2. The number of benzene rings is 2. The number of hydrogen-bond acceptors (Lipinski definition) is 5. The molecule has 0 unspecified atom stereocenters. The van der Waals surface area contributed by atoms with Crippen molar-refractivity contribution in [3.8, 4) is 0 Å². The topological polar surface area (TPSA) is 48.5 Å². The van der Waals surface area contributed by atoms with Crippen LogP contribution in [0.2, 0.25) is 0 Å². The van der Waals surface area contributed by atoms with E-state index in [9.17, 15) is 4.79 Å². The SMILES string of the molecule is CC(C)C(=O)Nc1ccc(CCN2CCN(c3nsc4ccccc34)CC2)cc1. The number of carbonyl (C=O) groups is 1. The summed E-state index contributed by atoms with van der Waals surface area (Å²) in [5, 5.41) is 4.22. The fourth-order valence-corrected chi connectivity index (χ4v) is 4.41. The molecule has 1 saturated heterocycles. The minimum atomic E-state index is -0.00406. The highest BCUT2D eigenvalue weighted by Crippen LogP contribution is 2.29. The van der Waals surface area contributed by atoms with Crippen LogP contribution in [0.3, 0.4) is 0 Å². The molecule has 1 aliphatic rings. The number of nitrogens with zero attached hydrogens (tertiary/aromatic N) is 3. The van der Waals surface area contributed by atoms with Gasteiger partial charge in [-0.25, -0.2) is 0 Å². The van der Waals surface area contributed by atoms with E-state index in [0.29, 0.717) is 0 Å². The second-order valence-corrected chi connectivity index (χ2v) is 8.73. The summed E-state index contributed by atoms with van der Waals surface area (Å²) in [6.07, 6.45) is 1.03. The van der Waals surface area contributed by atoms with E-state index in [1.54, 1.807) is 11.5 Å². The summed E-state index contributed by atoms with van der Waals surface area (Å²) in [7, 11) is 0. The van der Waals surface area contributed by atoms with E-state index < -0.39 is 0 Å². The molecule has 2 aromatic carbocycles. The Morgan fingerprint density at radius 1 is 1.07 bits per heavy atom. The molecule has 0 atom stereocenters. The first-order chi connectivity index (χ1) is 14.1. The quantitative estimate of drug-likeness (QED) is 0.662. The van der Waals surface area contributed by atoms with E-state index in [1.807, 2.05) is 26.0 Å². The Morgan fingerprint density at radius 3 is 2.52 bits per heavy atom. The molecule has 1 N–H and O–H groups in total. The molecule has 2 heterocycles. The summed E-state index contributed by atoms with van der Waals surface area (Å²) in [5.74, 6) is 1.20. The van der Waals surface area contributed by atoms with E-state index in [0.717, 1.165) is 50.6 Å². The predicted octanol–water partition coefficient (Wildman–Crippen LogP) is 4.26. The Bertz CT molecular complexity index is 958. The first kappa shape index (κ1) is 19.9. The Kier molecular flexibility index (Phi) is 6.11. The third-order valence-electron chi connectivity index (χ3n) is 5.49. The number of fused-ring (bicyclic) bond motifs is 1. The third kappa shape index (κ3) is 4.77. The van der Waals surface area contributed by atoms with Crippen LogP contribution in [0.25, 0.3) is 10.1 Å². The highest BCUT2D eigenvalue weighted by Gasteiger charge is 2.20. The van der Waals surface area contributed by atoms with Crippen LogP contribution in [0.15, 0.2) is 48.5 Å². The third-order valence-corrected chi connectivity index (χ3v) is 6.31. The van der Waals surface area contributed by atoms with Crippen LogP contribution in [-0.4, -0.2) is 47.9 Å². The van der Waals surface area contributed by atoms with Crippen LogP contribution in [0.1, 0.15) is 19.4 Å². The number of carbonyl (C=O) groups excluding carboxylic acids is 1. The minimum absolute atomic E-state index is 0.00406. The molecule has 3 aromatic rings. The minimum Gasteiger partial charge on any atom is -0.353 e. The lowest BCUT2D eigenvalue weighted by molar-refractivity contribution is -0.118. The van der Waals surface area contributed by atoms with Gasteiger partial charge >= 0.3 is 0 Å². The summed E-state index contributed by atoms with van der Waals surface area (Å²) in [5.41, 5.74) is 2.18. The highest BCUT2D eigenvalue weighted by atomic mass is 32.1. The van der Waals surface area contributed by atoms with E-state index in [1.165, 1.54) is 15.6 Å². The largest absolute Gasteiger partial charge is 0.353 e. The number of hydrogen-bond donors (Lipinski definition) is 1. The molecular weight excluding hydrogens is 380 g/mol. The smallest absolute Gasteiger partial charge is 0.226 e. The lowest BCUT2D eigenvalue weighted by Crippen LogP contribution is -2.47. The molecule has 0 spiro atoms. The zero-order valence-corrected chi connectivity index (χ0v) is 17.9. The van der Waals surface area contributed by atoms with Crippen LogP contribution in [-0.2, 0) is 11.2 Å². The molecule has 1 amide bonds. The van der Waals surface area contributed by atoms with Gasteiger partial charge in [0.15, 0.2) is 0 Å². The van der Waals surface area contributed by atoms with Gasteiger partial charge in [0.25, 0.3) is 0 Å². The van der Waals surface area contributed by atoms with Gasteiger partial charge in [0.1, 0.15) is 5.82 Å². The average molecular weight is 409 g/mol. The summed E-state index contributed by atoms with van der Waals surface area (Å²) in [6, 6.07) is 16.7. The fourth-order valence-electron chi connectivity index (χ4n) is 3.61. The molecule has 0 saturated carbocycles. The maximum Gasteiger partial charge on any atom is 0.226 e. The van der Waals surface area contributed by atoms with Crippen LogP contribution < -0.4 is 10.2 Å². The first-order valence-electron chi connectivity index (χ1n) is 10.3. The fraction of sp³-hybridized carbons (Fsp3) is 0.391. The molecule has 0 radical (unpaired) electrons. The van der Waals surface area contributed by atoms with Crippen molar-refractivity contribution >= 4 is 39.0 Å². The summed E-state index contributed by atoms with van der Waals surface area (Å²) in [6.45, 7) is 9.04. The van der Waals surface area contributed by atoms with Crippen molar-refractivity contribution in [2.45, 2.75) is 20.3 Å². The monoisotopic (exact) mass is 408 g/mol. The molecule has 0 aliphatic carbocycles. The van der Waals surface area contributed by atoms with Gasteiger partial charge in [-0.15, -0.1) is 0 Å². The normalized spacial score (nSPS) is 15.2. The molecule has 0 bridgehead atoms. The van der Waals surface area contributed by atoms with Crippen molar-refractivity contribution < 1.29 is 4.79 Å². The van der Waals surface area contributed by atoms with Crippen molar-refractivity contribution in [3.05, 3.63) is 54.1 Å². The van der Waals surface area contributed by atoms with E-state index >= 15 is 0 Å². The zero-order valence-electron chi connectivity index (χ0n) is 17.1. The average Bonchev–Trinajstić information content (AvgIpc) is 3.18. The molecule has 1 fully saturated rings.